The van der Waals surface area contributed by atoms with Gasteiger partial charge in [-0.3, -0.25) is 0 Å². The maximum Gasteiger partial charge on any atom is 0.123 e. The quantitative estimate of drug-likeness (QED) is 0.915. The lowest BCUT2D eigenvalue weighted by atomic mass is 10.2. The van der Waals surface area contributed by atoms with E-state index in [1.54, 1.807) is 11.3 Å². The molecule has 1 unspecified atom stereocenters. The molecule has 1 aromatic carbocycles. The highest BCUT2D eigenvalue weighted by molar-refractivity contribution is 7.13. The first-order valence-electron chi connectivity index (χ1n) is 6.27. The van der Waals surface area contributed by atoms with Crippen molar-refractivity contribution in [3.63, 3.8) is 0 Å². The number of nitrogens with zero attached hydrogens (tertiary/aromatic N) is 1. The second-order valence-corrected chi connectivity index (χ2v) is 5.33. The summed E-state index contributed by atoms with van der Waals surface area (Å²) in [5, 5.41) is 6.51. The van der Waals surface area contributed by atoms with Crippen LogP contribution in [0.15, 0.2) is 35.8 Å². The first-order valence-corrected chi connectivity index (χ1v) is 7.15. The van der Waals surface area contributed by atoms with Crippen LogP contribution >= 0.6 is 11.3 Å². The van der Waals surface area contributed by atoms with Crippen LogP contribution in [0.4, 0.5) is 5.69 Å². The van der Waals surface area contributed by atoms with Gasteiger partial charge in [0.1, 0.15) is 5.01 Å². The lowest BCUT2D eigenvalue weighted by Crippen LogP contribution is -2.18. The summed E-state index contributed by atoms with van der Waals surface area (Å²) in [6.07, 6.45) is 4.56. The zero-order valence-corrected chi connectivity index (χ0v) is 11.0. The molecule has 1 aliphatic rings. The van der Waals surface area contributed by atoms with Gasteiger partial charge in [0.25, 0.3) is 0 Å². The zero-order valence-electron chi connectivity index (χ0n) is 10.1. The molecular formula is C14H16N2OS. The fraction of sp³-hybridized carbons (Fsp3) is 0.357. The molecule has 18 heavy (non-hydrogen) atoms. The van der Waals surface area contributed by atoms with Crippen molar-refractivity contribution in [3.8, 4) is 10.6 Å². The Morgan fingerprint density at radius 1 is 1.44 bits per heavy atom. The molecular weight excluding hydrogens is 244 g/mol. The lowest BCUT2D eigenvalue weighted by Gasteiger charge is -2.12. The minimum atomic E-state index is 0.369. The van der Waals surface area contributed by atoms with Crippen molar-refractivity contribution in [2.24, 2.45) is 0 Å². The first-order chi connectivity index (χ1) is 8.92. The molecule has 0 spiro atoms. The minimum Gasteiger partial charge on any atom is -0.382 e. The Hall–Kier alpha value is -1.39. The molecule has 0 amide bonds. The van der Waals surface area contributed by atoms with Gasteiger partial charge in [-0.2, -0.15) is 0 Å². The Bertz CT molecular complexity index is 492. The molecule has 1 fully saturated rings. The van der Waals surface area contributed by atoms with E-state index >= 15 is 0 Å². The zero-order chi connectivity index (χ0) is 12.2. The van der Waals surface area contributed by atoms with Crippen molar-refractivity contribution in [1.82, 2.24) is 4.98 Å². The summed E-state index contributed by atoms with van der Waals surface area (Å²) in [5.41, 5.74) is 2.31. The highest BCUT2D eigenvalue weighted by atomic mass is 32.1. The van der Waals surface area contributed by atoms with Crippen LogP contribution in [0.3, 0.4) is 0 Å². The van der Waals surface area contributed by atoms with Gasteiger partial charge in [0.15, 0.2) is 0 Å². The number of ether oxygens (including phenoxy) is 1. The van der Waals surface area contributed by atoms with E-state index < -0.39 is 0 Å². The molecule has 1 atom stereocenters. The summed E-state index contributed by atoms with van der Waals surface area (Å²) >= 11 is 1.66. The van der Waals surface area contributed by atoms with Crippen molar-refractivity contribution in [3.05, 3.63) is 35.8 Å². The summed E-state index contributed by atoms with van der Waals surface area (Å²) < 4.78 is 5.60. The molecule has 0 bridgehead atoms. The van der Waals surface area contributed by atoms with Gasteiger partial charge >= 0.3 is 0 Å². The average molecular weight is 260 g/mol. The molecule has 3 rings (SSSR count). The minimum absolute atomic E-state index is 0.369. The number of hydrogen-bond acceptors (Lipinski definition) is 4. The van der Waals surface area contributed by atoms with Crippen LogP contribution in [-0.2, 0) is 4.74 Å². The number of nitrogens with one attached hydrogen (secondary N) is 1. The van der Waals surface area contributed by atoms with E-state index in [1.165, 1.54) is 18.4 Å². The molecule has 2 heterocycles. The molecule has 0 radical (unpaired) electrons. The molecule has 94 valence electrons. The normalized spacial score (nSPS) is 19.0. The van der Waals surface area contributed by atoms with Crippen LogP contribution in [0, 0.1) is 0 Å². The van der Waals surface area contributed by atoms with Crippen LogP contribution in [0.25, 0.3) is 10.6 Å². The van der Waals surface area contributed by atoms with Crippen LogP contribution in [0.2, 0.25) is 0 Å². The number of aromatic nitrogens is 1. The maximum absolute atomic E-state index is 5.60. The smallest absolute Gasteiger partial charge is 0.123 e. The number of anilines is 1. The maximum atomic E-state index is 5.60. The monoisotopic (exact) mass is 260 g/mol. The fourth-order valence-electron chi connectivity index (χ4n) is 2.17. The highest BCUT2D eigenvalue weighted by Gasteiger charge is 2.14. The summed E-state index contributed by atoms with van der Waals surface area (Å²) in [7, 11) is 0. The van der Waals surface area contributed by atoms with Gasteiger partial charge in [0, 0.05) is 36.0 Å². The summed E-state index contributed by atoms with van der Waals surface area (Å²) in [5.74, 6) is 0. The van der Waals surface area contributed by atoms with Crippen molar-refractivity contribution in [2.75, 3.05) is 18.5 Å². The molecule has 2 aromatic rings. The van der Waals surface area contributed by atoms with E-state index in [-0.39, 0.29) is 0 Å². The highest BCUT2D eigenvalue weighted by Crippen LogP contribution is 2.24. The van der Waals surface area contributed by atoms with E-state index in [2.05, 4.69) is 34.6 Å². The summed E-state index contributed by atoms with van der Waals surface area (Å²) in [4.78, 5) is 4.33. The van der Waals surface area contributed by atoms with Crippen molar-refractivity contribution in [1.29, 1.82) is 0 Å². The Kier molecular flexibility index (Phi) is 3.57. The Morgan fingerprint density at radius 2 is 2.44 bits per heavy atom. The van der Waals surface area contributed by atoms with Crippen LogP contribution < -0.4 is 5.32 Å². The van der Waals surface area contributed by atoms with E-state index in [9.17, 15) is 0 Å². The largest absolute Gasteiger partial charge is 0.382 e. The predicted molar refractivity (Wildman–Crippen MR) is 75.0 cm³/mol. The van der Waals surface area contributed by atoms with E-state index in [0.29, 0.717) is 6.10 Å². The Morgan fingerprint density at radius 3 is 3.22 bits per heavy atom. The Labute approximate surface area is 111 Å². The van der Waals surface area contributed by atoms with Gasteiger partial charge in [-0.25, -0.2) is 4.98 Å². The molecule has 1 aromatic heterocycles. The number of rotatable bonds is 4. The van der Waals surface area contributed by atoms with Crippen molar-refractivity contribution >= 4 is 17.0 Å². The molecule has 1 aliphatic heterocycles. The van der Waals surface area contributed by atoms with E-state index in [1.807, 2.05) is 11.6 Å². The molecule has 0 saturated carbocycles. The molecule has 1 N–H and O–H groups in total. The van der Waals surface area contributed by atoms with Gasteiger partial charge in [-0.1, -0.05) is 12.1 Å². The first kappa shape index (κ1) is 11.7. The third kappa shape index (κ3) is 2.71. The second kappa shape index (κ2) is 5.50. The van der Waals surface area contributed by atoms with Crippen LogP contribution in [0.1, 0.15) is 12.8 Å². The van der Waals surface area contributed by atoms with Gasteiger partial charge in [0.2, 0.25) is 0 Å². The Balaban J connectivity index is 1.67. The number of benzene rings is 1. The third-order valence-corrected chi connectivity index (χ3v) is 3.92. The van der Waals surface area contributed by atoms with E-state index in [4.69, 9.17) is 4.74 Å². The van der Waals surface area contributed by atoms with Crippen LogP contribution in [0.5, 0.6) is 0 Å². The van der Waals surface area contributed by atoms with E-state index in [0.717, 1.165) is 23.8 Å². The molecule has 3 nitrogen and oxygen atoms in total. The average Bonchev–Trinajstić information content (AvgIpc) is 3.10. The molecule has 1 saturated heterocycles. The number of hydrogen-bond donors (Lipinski definition) is 1. The van der Waals surface area contributed by atoms with Gasteiger partial charge in [-0.15, -0.1) is 11.3 Å². The van der Waals surface area contributed by atoms with Crippen LogP contribution in [-0.4, -0.2) is 24.2 Å². The fourth-order valence-corrected chi connectivity index (χ4v) is 2.80. The number of thiazole rings is 1. The summed E-state index contributed by atoms with van der Waals surface area (Å²) in [6.45, 7) is 1.80. The lowest BCUT2D eigenvalue weighted by molar-refractivity contribution is 0.120. The predicted octanol–water partition coefficient (Wildman–Crippen LogP) is 3.40. The standard InChI is InChI=1S/C14H16N2OS/c1-3-11(14-15-6-8-18-14)9-12(4-1)16-10-13-5-2-7-17-13/h1,3-4,6,8-9,13,16H,2,5,7,10H2. The molecule has 4 heteroatoms. The topological polar surface area (TPSA) is 34.1 Å². The second-order valence-electron chi connectivity index (χ2n) is 4.43. The van der Waals surface area contributed by atoms with Crippen molar-refractivity contribution < 1.29 is 4.74 Å². The van der Waals surface area contributed by atoms with Gasteiger partial charge in [-0.05, 0) is 25.0 Å². The van der Waals surface area contributed by atoms with Gasteiger partial charge in [0.05, 0.1) is 6.10 Å². The summed E-state index contributed by atoms with van der Waals surface area (Å²) in [6, 6.07) is 8.39. The van der Waals surface area contributed by atoms with Crippen molar-refractivity contribution in [2.45, 2.75) is 18.9 Å². The third-order valence-electron chi connectivity index (χ3n) is 3.10. The SMILES string of the molecule is c1cc(NCC2CCCO2)cc(-c2nccs2)c1. The molecule has 0 aliphatic carbocycles. The van der Waals surface area contributed by atoms with Gasteiger partial charge < -0.3 is 10.1 Å².